The Balaban J connectivity index is 1.57. The number of hydrogen-bond donors (Lipinski definition) is 2. The maximum absolute atomic E-state index is 12.6. The van der Waals surface area contributed by atoms with Crippen LogP contribution in [0.25, 0.3) is 16.6 Å². The largest absolute Gasteiger partial charge is 0.345 e. The maximum Gasteiger partial charge on any atom is 0.257 e. The number of hydrogen-bond acceptors (Lipinski definition) is 5. The molecule has 8 nitrogen and oxygen atoms in total. The van der Waals surface area contributed by atoms with E-state index in [1.54, 1.807) is 0 Å². The van der Waals surface area contributed by atoms with E-state index in [0.717, 1.165) is 10.9 Å². The molecule has 4 rings (SSSR count). The van der Waals surface area contributed by atoms with E-state index >= 15 is 0 Å². The lowest BCUT2D eigenvalue weighted by molar-refractivity contribution is 0.0940. The highest BCUT2D eigenvalue weighted by Gasteiger charge is 2.18. The van der Waals surface area contributed by atoms with Crippen molar-refractivity contribution in [3.8, 4) is 5.82 Å². The second kappa shape index (κ2) is 6.16. The zero-order valence-electron chi connectivity index (χ0n) is 13.4. The van der Waals surface area contributed by atoms with Crippen LogP contribution in [-0.4, -0.2) is 36.3 Å². The number of carbonyl (C=O) groups excluding carboxylic acids is 1. The van der Waals surface area contributed by atoms with Gasteiger partial charge in [0.25, 0.3) is 5.91 Å². The number of aromatic nitrogens is 6. The molecule has 0 fully saturated rings. The number of tetrazole rings is 1. The van der Waals surface area contributed by atoms with Crippen molar-refractivity contribution in [2.45, 2.75) is 13.0 Å². The van der Waals surface area contributed by atoms with Crippen molar-refractivity contribution in [1.82, 2.24) is 35.7 Å². The molecular formula is C17H15N7O. The fourth-order valence-corrected chi connectivity index (χ4v) is 2.72. The van der Waals surface area contributed by atoms with Gasteiger partial charge in [-0.1, -0.05) is 36.4 Å². The quantitative estimate of drug-likeness (QED) is 0.595. The van der Waals surface area contributed by atoms with Crippen LogP contribution < -0.4 is 5.32 Å². The molecule has 0 spiro atoms. The van der Waals surface area contributed by atoms with Gasteiger partial charge in [0.2, 0.25) is 0 Å². The van der Waals surface area contributed by atoms with E-state index in [2.05, 4.69) is 55.3 Å². The second-order valence-corrected chi connectivity index (χ2v) is 5.69. The number of amides is 1. The summed E-state index contributed by atoms with van der Waals surface area (Å²) in [6, 6.07) is 14.1. The van der Waals surface area contributed by atoms with Gasteiger partial charge in [-0.25, -0.2) is 0 Å². The van der Waals surface area contributed by atoms with Gasteiger partial charge in [-0.15, -0.1) is 5.10 Å². The van der Waals surface area contributed by atoms with Crippen molar-refractivity contribution in [2.24, 2.45) is 0 Å². The first-order valence-corrected chi connectivity index (χ1v) is 7.78. The summed E-state index contributed by atoms with van der Waals surface area (Å²) in [6.07, 6.45) is 2.86. The molecule has 2 N–H and O–H groups in total. The molecule has 0 aliphatic carbocycles. The van der Waals surface area contributed by atoms with Gasteiger partial charge in [0.05, 0.1) is 12.2 Å². The van der Waals surface area contributed by atoms with Gasteiger partial charge in [0.15, 0.2) is 5.82 Å². The molecule has 2 heterocycles. The number of H-pyrrole nitrogens is 1. The summed E-state index contributed by atoms with van der Waals surface area (Å²) >= 11 is 0. The summed E-state index contributed by atoms with van der Waals surface area (Å²) in [7, 11) is 0. The summed E-state index contributed by atoms with van der Waals surface area (Å²) in [6.45, 7) is 1.94. The molecule has 0 bridgehead atoms. The number of fused-ring (bicyclic) bond motifs is 1. The molecule has 1 amide bonds. The zero-order valence-corrected chi connectivity index (χ0v) is 13.4. The van der Waals surface area contributed by atoms with Crippen LogP contribution in [0.15, 0.2) is 55.0 Å². The number of rotatable bonds is 4. The van der Waals surface area contributed by atoms with E-state index in [4.69, 9.17) is 0 Å². The summed E-state index contributed by atoms with van der Waals surface area (Å²) in [4.78, 5) is 12.6. The minimum Gasteiger partial charge on any atom is -0.345 e. The second-order valence-electron chi connectivity index (χ2n) is 5.69. The SMILES string of the molecule is C[C@H](NC(=O)c1cn[nH]c1-n1cnnn1)c1ccc2ccccc2c1. The molecular weight excluding hydrogens is 318 g/mol. The highest BCUT2D eigenvalue weighted by Crippen LogP contribution is 2.21. The van der Waals surface area contributed by atoms with Crippen molar-refractivity contribution in [3.05, 3.63) is 66.1 Å². The van der Waals surface area contributed by atoms with Crippen LogP contribution in [0, 0.1) is 0 Å². The van der Waals surface area contributed by atoms with Gasteiger partial charge in [0, 0.05) is 0 Å². The van der Waals surface area contributed by atoms with E-state index < -0.39 is 0 Å². The molecule has 0 saturated carbocycles. The molecule has 0 aliphatic heterocycles. The average Bonchev–Trinajstić information content (AvgIpc) is 3.32. The van der Waals surface area contributed by atoms with Crippen molar-refractivity contribution >= 4 is 16.7 Å². The number of aromatic amines is 1. The molecule has 8 heteroatoms. The Morgan fingerprint density at radius 2 is 2.04 bits per heavy atom. The zero-order chi connectivity index (χ0) is 17.2. The van der Waals surface area contributed by atoms with E-state index in [1.807, 2.05) is 25.1 Å². The van der Waals surface area contributed by atoms with Gasteiger partial charge in [-0.05, 0) is 39.8 Å². The van der Waals surface area contributed by atoms with Gasteiger partial charge < -0.3 is 5.32 Å². The highest BCUT2D eigenvalue weighted by molar-refractivity contribution is 5.97. The van der Waals surface area contributed by atoms with E-state index in [0.29, 0.717) is 11.4 Å². The van der Waals surface area contributed by atoms with Crippen molar-refractivity contribution in [3.63, 3.8) is 0 Å². The summed E-state index contributed by atoms with van der Waals surface area (Å²) < 4.78 is 1.36. The predicted molar refractivity (Wildman–Crippen MR) is 91.1 cm³/mol. The number of nitrogens with one attached hydrogen (secondary N) is 2. The molecule has 0 aliphatic rings. The lowest BCUT2D eigenvalue weighted by Gasteiger charge is -2.15. The summed E-state index contributed by atoms with van der Waals surface area (Å²) in [5.74, 6) is 0.174. The van der Waals surface area contributed by atoms with Crippen LogP contribution in [0.4, 0.5) is 0 Å². The summed E-state index contributed by atoms with van der Waals surface area (Å²) in [5, 5.41) is 22.9. The minimum atomic E-state index is -0.250. The lowest BCUT2D eigenvalue weighted by Crippen LogP contribution is -2.27. The fraction of sp³-hybridized carbons (Fsp3) is 0.118. The van der Waals surface area contributed by atoms with Crippen LogP contribution in [0.3, 0.4) is 0 Å². The topological polar surface area (TPSA) is 101 Å². The number of nitrogens with zero attached hydrogens (tertiary/aromatic N) is 5. The normalized spacial score (nSPS) is 12.2. The number of carbonyl (C=O) groups is 1. The Bertz CT molecular complexity index is 1020. The summed E-state index contributed by atoms with van der Waals surface area (Å²) in [5.41, 5.74) is 1.40. The monoisotopic (exact) mass is 333 g/mol. The third kappa shape index (κ3) is 2.85. The van der Waals surface area contributed by atoms with Crippen LogP contribution in [0.2, 0.25) is 0 Å². The Labute approximate surface area is 142 Å². The molecule has 1 atom stereocenters. The first-order chi connectivity index (χ1) is 12.2. The van der Waals surface area contributed by atoms with E-state index in [9.17, 15) is 4.79 Å². The van der Waals surface area contributed by atoms with Crippen LogP contribution in [-0.2, 0) is 0 Å². The Kier molecular flexibility index (Phi) is 3.70. The van der Waals surface area contributed by atoms with Crippen molar-refractivity contribution in [2.75, 3.05) is 0 Å². The molecule has 0 radical (unpaired) electrons. The molecule has 2 aromatic heterocycles. The maximum atomic E-state index is 12.6. The molecule has 4 aromatic rings. The number of benzene rings is 2. The van der Waals surface area contributed by atoms with E-state index in [-0.39, 0.29) is 11.9 Å². The van der Waals surface area contributed by atoms with Gasteiger partial charge in [-0.2, -0.15) is 9.78 Å². The van der Waals surface area contributed by atoms with Gasteiger partial charge >= 0.3 is 0 Å². The fourth-order valence-electron chi connectivity index (χ4n) is 2.72. The molecule has 25 heavy (non-hydrogen) atoms. The first kappa shape index (κ1) is 15.0. The Morgan fingerprint density at radius 1 is 1.20 bits per heavy atom. The standard InChI is InChI=1S/C17H15N7O/c1-11(13-7-6-12-4-2-3-5-14(12)8-13)20-17(25)15-9-18-21-16(15)24-10-19-22-23-24/h2-11H,1H3,(H,18,21)(H,20,25)/t11-/m0/s1. The molecule has 0 saturated heterocycles. The molecule has 2 aromatic carbocycles. The Morgan fingerprint density at radius 3 is 2.84 bits per heavy atom. The van der Waals surface area contributed by atoms with Crippen LogP contribution in [0.5, 0.6) is 0 Å². The smallest absolute Gasteiger partial charge is 0.257 e. The first-order valence-electron chi connectivity index (χ1n) is 7.78. The van der Waals surface area contributed by atoms with E-state index in [1.165, 1.54) is 22.6 Å². The lowest BCUT2D eigenvalue weighted by atomic mass is 10.0. The minimum absolute atomic E-state index is 0.159. The third-order valence-corrected chi connectivity index (χ3v) is 4.06. The van der Waals surface area contributed by atoms with Crippen LogP contribution >= 0.6 is 0 Å². The molecule has 124 valence electrons. The van der Waals surface area contributed by atoms with Crippen LogP contribution in [0.1, 0.15) is 28.9 Å². The van der Waals surface area contributed by atoms with Gasteiger partial charge in [-0.3, -0.25) is 9.89 Å². The average molecular weight is 333 g/mol. The highest BCUT2D eigenvalue weighted by atomic mass is 16.1. The third-order valence-electron chi connectivity index (χ3n) is 4.06. The Hall–Kier alpha value is -3.55. The van der Waals surface area contributed by atoms with Gasteiger partial charge in [0.1, 0.15) is 11.9 Å². The van der Waals surface area contributed by atoms with Crippen molar-refractivity contribution in [1.29, 1.82) is 0 Å². The predicted octanol–water partition coefficient (Wildman–Crippen LogP) is 2.03. The molecule has 0 unspecified atom stereocenters. The van der Waals surface area contributed by atoms with Crippen molar-refractivity contribution < 1.29 is 4.79 Å².